The molecule has 26 heavy (non-hydrogen) atoms. The van der Waals surface area contributed by atoms with E-state index in [1.165, 1.54) is 19.2 Å². The number of para-hydroxylation sites is 2. The van der Waals surface area contributed by atoms with Gasteiger partial charge in [-0.3, -0.25) is 19.2 Å². The molecule has 0 saturated carbocycles. The third kappa shape index (κ3) is 3.06. The number of likely N-dealkylation sites (N-methyl/N-ethyl adjacent to an activating group) is 1. The summed E-state index contributed by atoms with van der Waals surface area (Å²) in [6.45, 7) is -0.212. The van der Waals surface area contributed by atoms with Crippen LogP contribution in [0, 0.1) is 10.1 Å². The van der Waals surface area contributed by atoms with Crippen LogP contribution in [0.4, 0.5) is 11.4 Å². The Morgan fingerprint density at radius 2 is 1.88 bits per heavy atom. The van der Waals surface area contributed by atoms with Crippen LogP contribution in [0.15, 0.2) is 53.4 Å². The molecule has 1 atom stereocenters. The first-order valence-corrected chi connectivity index (χ1v) is 9.03. The number of non-ortho nitro benzene ring substituents is 1. The number of anilines is 1. The van der Waals surface area contributed by atoms with Crippen LogP contribution in [-0.4, -0.2) is 38.9 Å². The summed E-state index contributed by atoms with van der Waals surface area (Å²) >= 11 is 0. The van der Waals surface area contributed by atoms with Crippen LogP contribution in [0.5, 0.6) is 5.75 Å². The number of benzene rings is 2. The van der Waals surface area contributed by atoms with E-state index < -0.39 is 27.0 Å². The Hall–Kier alpha value is -3.14. The first-order chi connectivity index (χ1) is 12.3. The summed E-state index contributed by atoms with van der Waals surface area (Å²) < 4.78 is 32.8. The van der Waals surface area contributed by atoms with E-state index in [4.69, 9.17) is 4.74 Å². The van der Waals surface area contributed by atoms with Crippen molar-refractivity contribution in [2.75, 3.05) is 17.9 Å². The van der Waals surface area contributed by atoms with E-state index in [1.807, 2.05) is 0 Å². The number of fused-ring (bicyclic) bond motifs is 1. The molecule has 1 amide bonds. The lowest BCUT2D eigenvalue weighted by Gasteiger charge is -2.34. The number of ether oxygens (including phenoxy) is 1. The maximum Gasteiger partial charge on any atom is 0.269 e. The van der Waals surface area contributed by atoms with Gasteiger partial charge in [-0.15, -0.1) is 0 Å². The molecule has 3 rings (SSSR count). The van der Waals surface area contributed by atoms with Gasteiger partial charge in [-0.25, -0.2) is 8.42 Å². The highest BCUT2D eigenvalue weighted by atomic mass is 32.2. The van der Waals surface area contributed by atoms with Gasteiger partial charge in [0.25, 0.3) is 21.6 Å². The second-order valence-corrected chi connectivity index (χ2v) is 7.34. The molecule has 1 unspecified atom stereocenters. The van der Waals surface area contributed by atoms with Gasteiger partial charge >= 0.3 is 0 Å². The molecule has 1 heterocycles. The second-order valence-electron chi connectivity index (χ2n) is 5.48. The Morgan fingerprint density at radius 3 is 2.50 bits per heavy atom. The van der Waals surface area contributed by atoms with Gasteiger partial charge in [0.2, 0.25) is 0 Å². The second kappa shape index (κ2) is 6.64. The third-order valence-electron chi connectivity index (χ3n) is 3.91. The molecule has 0 aromatic heterocycles. The van der Waals surface area contributed by atoms with Crippen molar-refractivity contribution in [3.8, 4) is 5.75 Å². The highest BCUT2D eigenvalue weighted by Gasteiger charge is 2.37. The molecule has 1 aliphatic heterocycles. The average molecular weight is 377 g/mol. The Bertz CT molecular complexity index is 958. The SMILES string of the molecule is CNC(=O)C1CN(S(=O)(=O)c2ccc([N+](=O)[O-])cc2)c2ccccc2O1. The predicted molar refractivity (Wildman–Crippen MR) is 92.6 cm³/mol. The molecule has 0 fully saturated rings. The summed E-state index contributed by atoms with van der Waals surface area (Å²) in [4.78, 5) is 22.0. The number of carbonyl (C=O) groups excluding carboxylic acids is 1. The lowest BCUT2D eigenvalue weighted by atomic mass is 10.2. The summed E-state index contributed by atoms with van der Waals surface area (Å²) in [5, 5.41) is 13.2. The van der Waals surface area contributed by atoms with Crippen molar-refractivity contribution >= 4 is 27.3 Å². The van der Waals surface area contributed by atoms with Crippen LogP contribution < -0.4 is 14.4 Å². The average Bonchev–Trinajstić information content (AvgIpc) is 2.66. The molecule has 0 spiro atoms. The van der Waals surface area contributed by atoms with E-state index in [9.17, 15) is 23.3 Å². The Morgan fingerprint density at radius 1 is 1.23 bits per heavy atom. The van der Waals surface area contributed by atoms with Crippen LogP contribution in [-0.2, 0) is 14.8 Å². The smallest absolute Gasteiger partial charge is 0.269 e. The minimum absolute atomic E-state index is 0.115. The molecule has 0 radical (unpaired) electrons. The highest BCUT2D eigenvalue weighted by molar-refractivity contribution is 7.92. The van der Waals surface area contributed by atoms with E-state index in [0.29, 0.717) is 5.69 Å². The fraction of sp³-hybridized carbons (Fsp3) is 0.188. The first-order valence-electron chi connectivity index (χ1n) is 7.59. The zero-order valence-corrected chi connectivity index (χ0v) is 14.5. The molecule has 1 aliphatic rings. The monoisotopic (exact) mass is 377 g/mol. The third-order valence-corrected chi connectivity index (χ3v) is 5.70. The van der Waals surface area contributed by atoms with Gasteiger partial charge in [-0.2, -0.15) is 0 Å². The number of amides is 1. The van der Waals surface area contributed by atoms with Crippen molar-refractivity contribution in [2.45, 2.75) is 11.0 Å². The van der Waals surface area contributed by atoms with Crippen molar-refractivity contribution in [3.05, 3.63) is 58.6 Å². The fourth-order valence-corrected chi connectivity index (χ4v) is 4.07. The van der Waals surface area contributed by atoms with Crippen LogP contribution >= 0.6 is 0 Å². The Kier molecular flexibility index (Phi) is 4.51. The van der Waals surface area contributed by atoms with E-state index >= 15 is 0 Å². The van der Waals surface area contributed by atoms with Crippen LogP contribution in [0.3, 0.4) is 0 Å². The van der Waals surface area contributed by atoms with E-state index in [0.717, 1.165) is 16.4 Å². The molecular formula is C16H15N3O6S. The molecule has 0 bridgehead atoms. The summed E-state index contributed by atoms with van der Waals surface area (Å²) in [6.07, 6.45) is -1.01. The first kappa shape index (κ1) is 17.7. The van der Waals surface area contributed by atoms with Crippen LogP contribution in [0.2, 0.25) is 0 Å². The molecule has 2 aromatic rings. The van der Waals surface area contributed by atoms with Gasteiger partial charge in [-0.1, -0.05) is 12.1 Å². The van der Waals surface area contributed by atoms with Gasteiger partial charge in [0.05, 0.1) is 22.1 Å². The van der Waals surface area contributed by atoms with Gasteiger partial charge in [0, 0.05) is 19.2 Å². The van der Waals surface area contributed by atoms with Gasteiger partial charge in [0.15, 0.2) is 6.10 Å². The number of hydrogen-bond acceptors (Lipinski definition) is 6. The predicted octanol–water partition coefficient (Wildman–Crippen LogP) is 1.30. The zero-order valence-electron chi connectivity index (χ0n) is 13.7. The minimum Gasteiger partial charge on any atom is -0.476 e. The number of sulfonamides is 1. The summed E-state index contributed by atoms with van der Waals surface area (Å²) in [6, 6.07) is 11.0. The minimum atomic E-state index is -4.04. The Labute approximate surface area is 149 Å². The number of nitrogens with one attached hydrogen (secondary N) is 1. The van der Waals surface area contributed by atoms with Crippen LogP contribution in [0.1, 0.15) is 0 Å². The number of nitrogens with zero attached hydrogens (tertiary/aromatic N) is 2. The maximum atomic E-state index is 13.1. The number of hydrogen-bond donors (Lipinski definition) is 1. The molecule has 0 aliphatic carbocycles. The van der Waals surface area contributed by atoms with Crippen molar-refractivity contribution in [3.63, 3.8) is 0 Å². The zero-order chi connectivity index (χ0) is 18.9. The lowest BCUT2D eigenvalue weighted by Crippen LogP contribution is -2.50. The Balaban J connectivity index is 2.04. The molecule has 9 nitrogen and oxygen atoms in total. The molecule has 0 saturated heterocycles. The maximum absolute atomic E-state index is 13.1. The van der Waals surface area contributed by atoms with Crippen molar-refractivity contribution < 1.29 is 22.9 Å². The van der Waals surface area contributed by atoms with Gasteiger partial charge in [0.1, 0.15) is 5.75 Å². The molecule has 136 valence electrons. The van der Waals surface area contributed by atoms with Gasteiger partial charge < -0.3 is 10.1 Å². The normalized spacial score (nSPS) is 16.3. The largest absolute Gasteiger partial charge is 0.476 e. The molecule has 1 N–H and O–H groups in total. The summed E-state index contributed by atoms with van der Waals surface area (Å²) in [7, 11) is -2.61. The van der Waals surface area contributed by atoms with E-state index in [-0.39, 0.29) is 22.9 Å². The topological polar surface area (TPSA) is 119 Å². The molecule has 2 aromatic carbocycles. The van der Waals surface area contributed by atoms with E-state index in [1.54, 1.807) is 24.3 Å². The van der Waals surface area contributed by atoms with Crippen LogP contribution in [0.25, 0.3) is 0 Å². The quantitative estimate of drug-likeness (QED) is 0.634. The summed E-state index contributed by atoms with van der Waals surface area (Å²) in [5.74, 6) is -0.193. The van der Waals surface area contributed by atoms with Crippen molar-refractivity contribution in [1.82, 2.24) is 5.32 Å². The summed E-state index contributed by atoms with van der Waals surface area (Å²) in [5.41, 5.74) is 0.0839. The lowest BCUT2D eigenvalue weighted by molar-refractivity contribution is -0.384. The number of carbonyl (C=O) groups is 1. The van der Waals surface area contributed by atoms with Gasteiger partial charge in [-0.05, 0) is 24.3 Å². The highest BCUT2D eigenvalue weighted by Crippen LogP contribution is 2.36. The fourth-order valence-electron chi connectivity index (χ4n) is 2.59. The number of rotatable bonds is 4. The number of nitro groups is 1. The van der Waals surface area contributed by atoms with E-state index in [2.05, 4.69) is 5.32 Å². The molecular weight excluding hydrogens is 362 g/mol. The standard InChI is InChI=1S/C16H15N3O6S/c1-17-16(20)15-10-18(13-4-2-3-5-14(13)25-15)26(23,24)12-8-6-11(7-9-12)19(21)22/h2-9,15H,10H2,1H3,(H,17,20). The van der Waals surface area contributed by atoms with Crippen molar-refractivity contribution in [2.24, 2.45) is 0 Å². The molecule has 10 heteroatoms. The van der Waals surface area contributed by atoms with Crippen molar-refractivity contribution in [1.29, 1.82) is 0 Å². The number of nitro benzene ring substituents is 1.